The van der Waals surface area contributed by atoms with E-state index in [-0.39, 0.29) is 0 Å². The number of hydrogen-bond acceptors (Lipinski definition) is 3. The molecular formula is C16H27NO2. The Morgan fingerprint density at radius 3 is 2.63 bits per heavy atom. The lowest BCUT2D eigenvalue weighted by Gasteiger charge is -2.27. The predicted molar refractivity (Wildman–Crippen MR) is 79.7 cm³/mol. The van der Waals surface area contributed by atoms with E-state index in [2.05, 4.69) is 25.8 Å². The van der Waals surface area contributed by atoms with Crippen molar-refractivity contribution in [1.29, 1.82) is 0 Å². The van der Waals surface area contributed by atoms with Crippen molar-refractivity contribution in [1.82, 2.24) is 4.90 Å². The van der Waals surface area contributed by atoms with Crippen LogP contribution in [0.2, 0.25) is 0 Å². The Morgan fingerprint density at radius 2 is 2.05 bits per heavy atom. The van der Waals surface area contributed by atoms with E-state index >= 15 is 0 Å². The molecule has 2 atom stereocenters. The molecular weight excluding hydrogens is 238 g/mol. The fourth-order valence-corrected chi connectivity index (χ4v) is 2.30. The highest BCUT2D eigenvalue weighted by atomic mass is 16.5. The standard InChI is InChI=1S/C16H27NO2/c1-6-7-13(3)17(4)11-15(18)14-10-12(2)8-9-16(14)19-5/h8-10,13,15,18H,6-7,11H2,1-5H3. The molecule has 2 unspecified atom stereocenters. The average Bonchev–Trinajstić information content (AvgIpc) is 2.38. The van der Waals surface area contributed by atoms with Gasteiger partial charge < -0.3 is 14.7 Å². The van der Waals surface area contributed by atoms with Gasteiger partial charge in [0.2, 0.25) is 0 Å². The number of nitrogens with zero attached hydrogens (tertiary/aromatic N) is 1. The van der Waals surface area contributed by atoms with Crippen molar-refractivity contribution in [3.63, 3.8) is 0 Å². The minimum absolute atomic E-state index is 0.482. The third kappa shape index (κ3) is 4.51. The van der Waals surface area contributed by atoms with Crippen molar-refractivity contribution in [2.75, 3.05) is 20.7 Å². The topological polar surface area (TPSA) is 32.7 Å². The van der Waals surface area contributed by atoms with Gasteiger partial charge in [-0.1, -0.05) is 25.0 Å². The first kappa shape index (κ1) is 16.0. The van der Waals surface area contributed by atoms with Crippen LogP contribution in [-0.4, -0.2) is 36.8 Å². The molecule has 0 aromatic heterocycles. The quantitative estimate of drug-likeness (QED) is 0.822. The van der Waals surface area contributed by atoms with E-state index in [0.717, 1.165) is 29.7 Å². The molecule has 0 aliphatic heterocycles. The maximum Gasteiger partial charge on any atom is 0.124 e. The summed E-state index contributed by atoms with van der Waals surface area (Å²) >= 11 is 0. The van der Waals surface area contributed by atoms with E-state index in [4.69, 9.17) is 4.74 Å². The summed E-state index contributed by atoms with van der Waals surface area (Å²) in [5, 5.41) is 10.4. The van der Waals surface area contributed by atoms with Crippen LogP contribution in [0.1, 0.15) is 43.9 Å². The zero-order chi connectivity index (χ0) is 14.4. The molecule has 0 saturated carbocycles. The van der Waals surface area contributed by atoms with E-state index in [0.29, 0.717) is 12.6 Å². The van der Waals surface area contributed by atoms with Crippen LogP contribution in [0.15, 0.2) is 18.2 Å². The molecule has 108 valence electrons. The van der Waals surface area contributed by atoms with Crippen LogP contribution in [0.5, 0.6) is 5.75 Å². The number of rotatable bonds is 7. The van der Waals surface area contributed by atoms with Crippen molar-refractivity contribution in [2.45, 2.75) is 45.8 Å². The van der Waals surface area contributed by atoms with Crippen LogP contribution in [-0.2, 0) is 0 Å². The molecule has 0 saturated heterocycles. The summed E-state index contributed by atoms with van der Waals surface area (Å²) < 4.78 is 5.33. The fraction of sp³-hybridized carbons (Fsp3) is 0.625. The molecule has 0 spiro atoms. The van der Waals surface area contributed by atoms with Gasteiger partial charge in [0, 0.05) is 18.2 Å². The van der Waals surface area contributed by atoms with Gasteiger partial charge in [-0.15, -0.1) is 0 Å². The summed E-state index contributed by atoms with van der Waals surface area (Å²) in [6.45, 7) is 7.04. The number of methoxy groups -OCH3 is 1. The average molecular weight is 265 g/mol. The van der Waals surface area contributed by atoms with E-state index in [1.807, 2.05) is 25.1 Å². The summed E-state index contributed by atoms with van der Waals surface area (Å²) in [5.41, 5.74) is 2.01. The minimum Gasteiger partial charge on any atom is -0.496 e. The number of aliphatic hydroxyl groups excluding tert-OH is 1. The van der Waals surface area contributed by atoms with Gasteiger partial charge in [-0.3, -0.25) is 0 Å². The second-order valence-corrected chi connectivity index (χ2v) is 5.34. The van der Waals surface area contributed by atoms with Gasteiger partial charge in [-0.25, -0.2) is 0 Å². The molecule has 19 heavy (non-hydrogen) atoms. The lowest BCUT2D eigenvalue weighted by atomic mass is 10.0. The van der Waals surface area contributed by atoms with Crippen LogP contribution in [0.4, 0.5) is 0 Å². The van der Waals surface area contributed by atoms with Crippen LogP contribution in [0.3, 0.4) is 0 Å². The molecule has 3 heteroatoms. The summed E-state index contributed by atoms with van der Waals surface area (Å²) in [6.07, 6.45) is 1.79. The molecule has 0 amide bonds. The lowest BCUT2D eigenvalue weighted by molar-refractivity contribution is 0.103. The Bertz CT molecular complexity index is 392. The minimum atomic E-state index is -0.515. The fourth-order valence-electron chi connectivity index (χ4n) is 2.30. The highest BCUT2D eigenvalue weighted by Gasteiger charge is 2.18. The van der Waals surface area contributed by atoms with E-state index < -0.39 is 6.10 Å². The van der Waals surface area contributed by atoms with Crippen molar-refractivity contribution in [2.24, 2.45) is 0 Å². The number of benzene rings is 1. The van der Waals surface area contributed by atoms with Gasteiger partial charge in [-0.05, 0) is 39.4 Å². The monoisotopic (exact) mass is 265 g/mol. The Hall–Kier alpha value is -1.06. The third-order valence-electron chi connectivity index (χ3n) is 3.66. The van der Waals surface area contributed by atoms with Gasteiger partial charge in [-0.2, -0.15) is 0 Å². The second-order valence-electron chi connectivity index (χ2n) is 5.34. The highest BCUT2D eigenvalue weighted by molar-refractivity contribution is 5.38. The molecule has 1 rings (SSSR count). The maximum atomic E-state index is 10.4. The molecule has 0 fully saturated rings. The molecule has 1 aromatic carbocycles. The number of ether oxygens (including phenoxy) is 1. The summed E-state index contributed by atoms with van der Waals surface area (Å²) in [5.74, 6) is 0.759. The van der Waals surface area contributed by atoms with Gasteiger partial charge in [0.25, 0.3) is 0 Å². The molecule has 0 bridgehead atoms. The van der Waals surface area contributed by atoms with E-state index in [1.54, 1.807) is 7.11 Å². The normalized spacial score (nSPS) is 14.5. The van der Waals surface area contributed by atoms with Gasteiger partial charge in [0.05, 0.1) is 13.2 Å². The molecule has 3 nitrogen and oxygen atoms in total. The Kier molecular flexibility index (Phi) is 6.32. The Morgan fingerprint density at radius 1 is 1.37 bits per heavy atom. The third-order valence-corrected chi connectivity index (χ3v) is 3.66. The zero-order valence-electron chi connectivity index (χ0n) is 12.8. The van der Waals surface area contributed by atoms with Crippen molar-refractivity contribution in [3.05, 3.63) is 29.3 Å². The number of likely N-dealkylation sites (N-methyl/N-ethyl adjacent to an activating group) is 1. The van der Waals surface area contributed by atoms with E-state index in [9.17, 15) is 5.11 Å². The lowest BCUT2D eigenvalue weighted by Crippen LogP contribution is -2.33. The van der Waals surface area contributed by atoms with Crippen molar-refractivity contribution >= 4 is 0 Å². The largest absolute Gasteiger partial charge is 0.496 e. The molecule has 0 radical (unpaired) electrons. The predicted octanol–water partition coefficient (Wildman–Crippen LogP) is 3.16. The SMILES string of the molecule is CCCC(C)N(C)CC(O)c1cc(C)ccc1OC. The van der Waals surface area contributed by atoms with Crippen LogP contribution < -0.4 is 4.74 Å². The molecule has 1 aromatic rings. The van der Waals surface area contributed by atoms with Crippen molar-refractivity contribution < 1.29 is 9.84 Å². The summed E-state index contributed by atoms with van der Waals surface area (Å²) in [4.78, 5) is 2.20. The summed E-state index contributed by atoms with van der Waals surface area (Å²) in [6, 6.07) is 6.40. The molecule has 0 aliphatic carbocycles. The second kappa shape index (κ2) is 7.51. The molecule has 0 aliphatic rings. The number of aliphatic hydroxyl groups is 1. The smallest absolute Gasteiger partial charge is 0.124 e. The van der Waals surface area contributed by atoms with Crippen molar-refractivity contribution in [3.8, 4) is 5.75 Å². The highest BCUT2D eigenvalue weighted by Crippen LogP contribution is 2.27. The zero-order valence-corrected chi connectivity index (χ0v) is 12.8. The van der Waals surface area contributed by atoms with Crippen LogP contribution in [0.25, 0.3) is 0 Å². The molecule has 0 heterocycles. The van der Waals surface area contributed by atoms with Crippen LogP contribution in [0, 0.1) is 6.92 Å². The van der Waals surface area contributed by atoms with E-state index in [1.165, 1.54) is 0 Å². The number of aryl methyl sites for hydroxylation is 1. The summed E-state index contributed by atoms with van der Waals surface area (Å²) in [7, 11) is 3.70. The molecule has 1 N–H and O–H groups in total. The number of hydrogen-bond donors (Lipinski definition) is 1. The van der Waals surface area contributed by atoms with Gasteiger partial charge in [0.15, 0.2) is 0 Å². The first-order valence-electron chi connectivity index (χ1n) is 7.02. The van der Waals surface area contributed by atoms with Gasteiger partial charge >= 0.3 is 0 Å². The van der Waals surface area contributed by atoms with Gasteiger partial charge in [0.1, 0.15) is 5.75 Å². The maximum absolute atomic E-state index is 10.4. The Balaban J connectivity index is 2.77. The first-order chi connectivity index (χ1) is 8.99. The van der Waals surface area contributed by atoms with Crippen LogP contribution >= 0.6 is 0 Å². The first-order valence-corrected chi connectivity index (χ1v) is 7.02. The Labute approximate surface area is 117 Å².